The van der Waals surface area contributed by atoms with Crippen molar-refractivity contribution in [2.75, 3.05) is 7.11 Å². The molecule has 35 heavy (non-hydrogen) atoms. The molecule has 2 rings (SSSR count). The van der Waals surface area contributed by atoms with Gasteiger partial charge in [0.15, 0.2) is 11.5 Å². The Morgan fingerprint density at radius 3 is 1.77 bits per heavy atom. The number of hydrogen-bond acceptors (Lipinski definition) is 5. The second kappa shape index (κ2) is 8.75. The first kappa shape index (κ1) is 28.5. The van der Waals surface area contributed by atoms with Gasteiger partial charge in [-0.25, -0.2) is 4.98 Å². The van der Waals surface area contributed by atoms with Crippen LogP contribution in [0.15, 0.2) is 36.4 Å². The summed E-state index contributed by atoms with van der Waals surface area (Å²) in [5, 5.41) is -7.03. The van der Waals surface area contributed by atoms with Gasteiger partial charge in [0, 0.05) is 17.0 Å². The van der Waals surface area contributed by atoms with Crippen LogP contribution in [0, 0.1) is 0 Å². The van der Waals surface area contributed by atoms with E-state index in [9.17, 15) is 47.9 Å². The molecule has 2 aromatic rings. The lowest BCUT2D eigenvalue weighted by molar-refractivity contribution is -0.382. The summed E-state index contributed by atoms with van der Waals surface area (Å²) in [6, 6.07) is 8.20. The fourth-order valence-corrected chi connectivity index (χ4v) is 3.63. The van der Waals surface area contributed by atoms with Crippen molar-refractivity contribution in [1.82, 2.24) is 4.98 Å². The van der Waals surface area contributed by atoms with Crippen molar-refractivity contribution >= 4 is 10.1 Å². The van der Waals surface area contributed by atoms with E-state index in [1.165, 1.54) is 45.0 Å². The van der Waals surface area contributed by atoms with Gasteiger partial charge in [0.25, 0.3) is 0 Å². The molecule has 0 aliphatic carbocycles. The normalized spacial score (nSPS) is 14.1. The zero-order chi connectivity index (χ0) is 27.3. The van der Waals surface area contributed by atoms with Gasteiger partial charge in [-0.05, 0) is 0 Å². The molecule has 1 heterocycles. The number of hydrogen-bond donors (Lipinski definition) is 0. The second-order valence-corrected chi connectivity index (χ2v) is 9.79. The van der Waals surface area contributed by atoms with Crippen LogP contribution in [0.2, 0.25) is 0 Å². The smallest absolute Gasteiger partial charge is 0.460 e. The lowest BCUT2D eigenvalue weighted by atomic mass is 9.90. The van der Waals surface area contributed by atoms with Crippen LogP contribution in [0.5, 0.6) is 11.5 Å². The fraction of sp³-hybridized carbons (Fsp3) is 0.450. The highest BCUT2D eigenvalue weighted by Crippen LogP contribution is 2.55. The molecule has 0 spiro atoms. The molecule has 1 aromatic carbocycles. The van der Waals surface area contributed by atoms with Gasteiger partial charge in [0.1, 0.15) is 0 Å². The fourth-order valence-electron chi connectivity index (χ4n) is 2.72. The van der Waals surface area contributed by atoms with E-state index < -0.39 is 50.3 Å². The summed E-state index contributed by atoms with van der Waals surface area (Å²) in [5.74, 6) is -16.7. The van der Waals surface area contributed by atoms with Gasteiger partial charge in [0.2, 0.25) is 0 Å². The largest absolute Gasteiger partial charge is 0.491 e. The van der Waals surface area contributed by atoms with E-state index in [1.807, 2.05) is 0 Å². The molecule has 0 aliphatic heterocycles. The number of benzene rings is 1. The molecule has 0 bridgehead atoms. The summed E-state index contributed by atoms with van der Waals surface area (Å²) in [4.78, 5) is 4.25. The predicted octanol–water partition coefficient (Wildman–Crippen LogP) is 6.19. The molecule has 0 amide bonds. The molecule has 0 fully saturated rings. The number of aromatic nitrogens is 1. The van der Waals surface area contributed by atoms with E-state index in [1.54, 1.807) is 6.07 Å². The Kier molecular flexibility index (Phi) is 7.13. The van der Waals surface area contributed by atoms with Gasteiger partial charge in [-0.15, -0.1) is 0 Å². The zero-order valence-corrected chi connectivity index (χ0v) is 19.2. The average molecular weight is 539 g/mol. The highest BCUT2D eigenvalue weighted by Gasteiger charge is 2.86. The molecule has 15 heteroatoms. The number of nitrogens with zero attached hydrogens (tertiary/aromatic N) is 1. The Morgan fingerprint density at radius 2 is 1.34 bits per heavy atom. The van der Waals surface area contributed by atoms with Crippen LogP contribution in [0.1, 0.15) is 26.5 Å². The SMILES string of the molecule is COc1c(OS(=O)(=O)C(F)(F)C(F)(F)C(F)(F)C(F)(F)F)cc(-c2ccccc2)nc1C(C)(C)C. The Morgan fingerprint density at radius 1 is 0.829 bits per heavy atom. The first-order valence-corrected chi connectivity index (χ1v) is 10.8. The molecule has 1 aromatic heterocycles. The number of halogens is 9. The average Bonchev–Trinajstić information content (AvgIpc) is 2.71. The van der Waals surface area contributed by atoms with Crippen LogP contribution in [-0.4, -0.2) is 43.8 Å². The van der Waals surface area contributed by atoms with Crippen molar-refractivity contribution in [1.29, 1.82) is 0 Å². The third kappa shape index (κ3) is 4.86. The molecule has 5 nitrogen and oxygen atoms in total. The summed E-state index contributed by atoms with van der Waals surface area (Å²) < 4.78 is 153. The molecule has 196 valence electrons. The Labute approximate surface area is 194 Å². The standard InChI is InChI=1S/C20H18F9NO4S/c1-16(2,3)15-14(33-4)13(10-12(30-15)11-8-6-5-7-9-11)34-35(31,32)20(28,29)18(23,24)17(21,22)19(25,26)27/h5-10H,1-4H3. The molecule has 0 N–H and O–H groups in total. The van der Waals surface area contributed by atoms with Crippen LogP contribution >= 0.6 is 0 Å². The van der Waals surface area contributed by atoms with Gasteiger partial charge in [0.05, 0.1) is 18.5 Å². The minimum Gasteiger partial charge on any atom is -0.491 e. The Bertz CT molecular complexity index is 1180. The maximum Gasteiger partial charge on any atom is 0.460 e. The van der Waals surface area contributed by atoms with Crippen LogP contribution in [0.3, 0.4) is 0 Å². The summed E-state index contributed by atoms with van der Waals surface area (Å²) in [5.41, 5.74) is -0.989. The zero-order valence-electron chi connectivity index (χ0n) is 18.4. The van der Waals surface area contributed by atoms with E-state index in [-0.39, 0.29) is 17.0 Å². The number of pyridine rings is 1. The highest BCUT2D eigenvalue weighted by molar-refractivity contribution is 7.88. The quantitative estimate of drug-likeness (QED) is 0.310. The van der Waals surface area contributed by atoms with E-state index in [0.717, 1.165) is 7.11 Å². The summed E-state index contributed by atoms with van der Waals surface area (Å²) in [7, 11) is -6.26. The van der Waals surface area contributed by atoms with Crippen molar-refractivity contribution in [3.63, 3.8) is 0 Å². The Hall–Kier alpha value is -2.71. The van der Waals surface area contributed by atoms with Gasteiger partial charge < -0.3 is 8.92 Å². The van der Waals surface area contributed by atoms with E-state index >= 15 is 0 Å². The summed E-state index contributed by atoms with van der Waals surface area (Å²) in [6.45, 7) is 4.58. The van der Waals surface area contributed by atoms with Gasteiger partial charge in [-0.1, -0.05) is 51.1 Å². The molecule has 0 saturated heterocycles. The van der Waals surface area contributed by atoms with Gasteiger partial charge >= 0.3 is 33.4 Å². The maximum atomic E-state index is 14.2. The van der Waals surface area contributed by atoms with Crippen LogP contribution in [-0.2, 0) is 15.5 Å². The van der Waals surface area contributed by atoms with Crippen molar-refractivity contribution in [3.05, 3.63) is 42.1 Å². The van der Waals surface area contributed by atoms with Gasteiger partial charge in [-0.3, -0.25) is 0 Å². The summed E-state index contributed by atoms with van der Waals surface area (Å²) >= 11 is 0. The first-order chi connectivity index (χ1) is 15.6. The highest BCUT2D eigenvalue weighted by atomic mass is 32.2. The minimum atomic E-state index is -7.44. The first-order valence-electron chi connectivity index (χ1n) is 9.41. The number of rotatable bonds is 7. The van der Waals surface area contributed by atoms with Crippen LogP contribution in [0.25, 0.3) is 11.3 Å². The van der Waals surface area contributed by atoms with Crippen molar-refractivity contribution < 1.29 is 56.9 Å². The number of ether oxygens (including phenoxy) is 1. The van der Waals surface area contributed by atoms with Crippen molar-refractivity contribution in [2.45, 2.75) is 49.5 Å². The molecule has 0 atom stereocenters. The van der Waals surface area contributed by atoms with E-state index in [4.69, 9.17) is 4.74 Å². The number of alkyl halides is 9. The van der Waals surface area contributed by atoms with Crippen molar-refractivity contribution in [2.24, 2.45) is 0 Å². The van der Waals surface area contributed by atoms with Crippen LogP contribution < -0.4 is 8.92 Å². The minimum absolute atomic E-state index is 0.123. The third-order valence-electron chi connectivity index (χ3n) is 4.55. The third-order valence-corrected chi connectivity index (χ3v) is 5.84. The topological polar surface area (TPSA) is 65.5 Å². The molecular formula is C20H18F9NO4S. The lowest BCUT2D eigenvalue weighted by Crippen LogP contribution is -2.63. The van der Waals surface area contributed by atoms with E-state index in [2.05, 4.69) is 9.17 Å². The molecule has 0 radical (unpaired) electrons. The molecule has 0 saturated carbocycles. The second-order valence-electron chi connectivity index (χ2n) is 8.20. The molecule has 0 unspecified atom stereocenters. The Balaban J connectivity index is 2.75. The summed E-state index contributed by atoms with van der Waals surface area (Å²) in [6.07, 6.45) is -7.20. The van der Waals surface area contributed by atoms with E-state index in [0.29, 0.717) is 6.07 Å². The number of methoxy groups -OCH3 is 1. The monoisotopic (exact) mass is 539 g/mol. The predicted molar refractivity (Wildman–Crippen MR) is 105 cm³/mol. The van der Waals surface area contributed by atoms with Gasteiger partial charge in [-0.2, -0.15) is 47.9 Å². The molecule has 0 aliphatic rings. The molecular weight excluding hydrogens is 521 g/mol. The maximum absolute atomic E-state index is 14.2. The lowest BCUT2D eigenvalue weighted by Gasteiger charge is -2.32. The van der Waals surface area contributed by atoms with Crippen molar-refractivity contribution in [3.8, 4) is 22.8 Å². The van der Waals surface area contributed by atoms with Crippen LogP contribution in [0.4, 0.5) is 39.5 Å².